The molecule has 1 saturated heterocycles. The summed E-state index contributed by atoms with van der Waals surface area (Å²) in [4.78, 5) is 16.1. The van der Waals surface area contributed by atoms with Crippen LogP contribution < -0.4 is 10.4 Å². The van der Waals surface area contributed by atoms with E-state index in [0.29, 0.717) is 5.56 Å². The summed E-state index contributed by atoms with van der Waals surface area (Å²) < 4.78 is 0. The molecule has 0 spiro atoms. The normalized spacial score (nSPS) is 15.3. The predicted molar refractivity (Wildman–Crippen MR) is 94.6 cm³/mol. The molecule has 0 atom stereocenters. The number of carbonyl (C=O) groups is 1. The fourth-order valence-electron chi connectivity index (χ4n) is 2.92. The second kappa shape index (κ2) is 7.66. The Labute approximate surface area is 146 Å². The molecule has 0 radical (unpaired) electrons. The first-order chi connectivity index (χ1) is 11.7. The third-order valence-electron chi connectivity index (χ3n) is 4.27. The number of rotatable bonds is 4. The minimum atomic E-state index is -0.489. The van der Waals surface area contributed by atoms with Crippen LogP contribution >= 0.6 is 11.6 Å². The van der Waals surface area contributed by atoms with Gasteiger partial charge in [-0.2, -0.15) is 0 Å². The molecule has 0 unspecified atom stereocenters. The standard InChI is InChI=1S/C18H20ClN3O2/c19-16-2-1-3-17(12-16)22-10-8-21(9-11-22)13-14-4-6-15(7-5-14)18(23)20-24/h1-7,12,24H,8-11,13H2,(H,20,23). The topological polar surface area (TPSA) is 55.8 Å². The Morgan fingerprint density at radius 2 is 1.79 bits per heavy atom. The number of hydrogen-bond acceptors (Lipinski definition) is 4. The summed E-state index contributed by atoms with van der Waals surface area (Å²) >= 11 is 6.06. The van der Waals surface area contributed by atoms with Gasteiger partial charge in [0.05, 0.1) is 0 Å². The number of benzene rings is 2. The Morgan fingerprint density at radius 1 is 1.08 bits per heavy atom. The second-order valence-corrected chi connectivity index (χ2v) is 6.32. The number of carbonyl (C=O) groups excluding carboxylic acids is 1. The fraction of sp³-hybridized carbons (Fsp3) is 0.278. The van der Waals surface area contributed by atoms with Crippen LogP contribution in [-0.4, -0.2) is 42.2 Å². The molecule has 1 aliphatic heterocycles. The van der Waals surface area contributed by atoms with Gasteiger partial charge in [0, 0.05) is 49.0 Å². The maximum absolute atomic E-state index is 11.3. The minimum absolute atomic E-state index is 0.451. The SMILES string of the molecule is O=C(NO)c1ccc(CN2CCN(c3cccc(Cl)c3)CC2)cc1. The first-order valence-corrected chi connectivity index (χ1v) is 8.30. The van der Waals surface area contributed by atoms with Gasteiger partial charge in [0.25, 0.3) is 5.91 Å². The molecule has 1 heterocycles. The van der Waals surface area contributed by atoms with Gasteiger partial charge < -0.3 is 4.90 Å². The van der Waals surface area contributed by atoms with Gasteiger partial charge in [-0.05, 0) is 35.9 Å². The molecular weight excluding hydrogens is 326 g/mol. The lowest BCUT2D eigenvalue weighted by Gasteiger charge is -2.36. The summed E-state index contributed by atoms with van der Waals surface area (Å²) in [6, 6.07) is 15.3. The van der Waals surface area contributed by atoms with Gasteiger partial charge in [0.15, 0.2) is 0 Å². The molecule has 2 aromatic carbocycles. The van der Waals surface area contributed by atoms with E-state index in [4.69, 9.17) is 16.8 Å². The molecule has 1 amide bonds. The highest BCUT2D eigenvalue weighted by Crippen LogP contribution is 2.21. The van der Waals surface area contributed by atoms with E-state index >= 15 is 0 Å². The number of nitrogens with one attached hydrogen (secondary N) is 1. The summed E-state index contributed by atoms with van der Waals surface area (Å²) in [7, 11) is 0. The van der Waals surface area contributed by atoms with Crippen LogP contribution in [0.5, 0.6) is 0 Å². The number of halogens is 1. The third kappa shape index (κ3) is 4.06. The Morgan fingerprint density at radius 3 is 2.42 bits per heavy atom. The van der Waals surface area contributed by atoms with E-state index < -0.39 is 5.91 Å². The van der Waals surface area contributed by atoms with Crippen LogP contribution in [0.4, 0.5) is 5.69 Å². The smallest absolute Gasteiger partial charge is 0.274 e. The Hall–Kier alpha value is -2.08. The molecule has 2 N–H and O–H groups in total. The van der Waals surface area contributed by atoms with Crippen LogP contribution in [0.2, 0.25) is 5.02 Å². The van der Waals surface area contributed by atoms with Crippen molar-refractivity contribution >= 4 is 23.2 Å². The molecule has 126 valence electrons. The van der Waals surface area contributed by atoms with Gasteiger partial charge in [-0.25, -0.2) is 5.48 Å². The second-order valence-electron chi connectivity index (χ2n) is 5.88. The van der Waals surface area contributed by atoms with Crippen LogP contribution in [0, 0.1) is 0 Å². The highest BCUT2D eigenvalue weighted by molar-refractivity contribution is 6.30. The molecule has 6 heteroatoms. The summed E-state index contributed by atoms with van der Waals surface area (Å²) in [6.07, 6.45) is 0. The Kier molecular flexibility index (Phi) is 5.35. The molecule has 1 fully saturated rings. The van der Waals surface area contributed by atoms with Gasteiger partial charge in [0.2, 0.25) is 0 Å². The zero-order valence-electron chi connectivity index (χ0n) is 13.3. The highest BCUT2D eigenvalue weighted by atomic mass is 35.5. The van der Waals surface area contributed by atoms with Crippen molar-refractivity contribution in [2.24, 2.45) is 0 Å². The molecule has 0 bridgehead atoms. The van der Waals surface area contributed by atoms with E-state index in [1.807, 2.05) is 30.3 Å². The van der Waals surface area contributed by atoms with Crippen molar-refractivity contribution in [2.75, 3.05) is 31.1 Å². The molecule has 0 saturated carbocycles. The Bertz CT molecular complexity index is 698. The quantitative estimate of drug-likeness (QED) is 0.661. The fourth-order valence-corrected chi connectivity index (χ4v) is 3.11. The van der Waals surface area contributed by atoms with Crippen LogP contribution in [0.3, 0.4) is 0 Å². The Balaban J connectivity index is 1.54. The number of hydroxylamine groups is 1. The van der Waals surface area contributed by atoms with Crippen molar-refractivity contribution in [1.82, 2.24) is 10.4 Å². The largest absolute Gasteiger partial charge is 0.369 e. The minimum Gasteiger partial charge on any atom is -0.369 e. The molecule has 5 nitrogen and oxygen atoms in total. The van der Waals surface area contributed by atoms with E-state index in [1.165, 1.54) is 5.69 Å². The average Bonchev–Trinajstić information content (AvgIpc) is 2.62. The lowest BCUT2D eigenvalue weighted by atomic mass is 10.1. The van der Waals surface area contributed by atoms with Crippen LogP contribution in [-0.2, 0) is 6.54 Å². The summed E-state index contributed by atoms with van der Waals surface area (Å²) in [5.74, 6) is -0.489. The molecule has 0 aliphatic carbocycles. The number of nitrogens with zero attached hydrogens (tertiary/aromatic N) is 2. The van der Waals surface area contributed by atoms with Gasteiger partial charge in [0.1, 0.15) is 0 Å². The maximum atomic E-state index is 11.3. The number of hydrogen-bond donors (Lipinski definition) is 2. The number of piperazine rings is 1. The van der Waals surface area contributed by atoms with E-state index in [2.05, 4.69) is 15.9 Å². The van der Waals surface area contributed by atoms with Crippen molar-refractivity contribution in [3.05, 3.63) is 64.7 Å². The lowest BCUT2D eigenvalue weighted by molar-refractivity contribution is 0.0706. The molecule has 2 aromatic rings. The van der Waals surface area contributed by atoms with Crippen molar-refractivity contribution in [2.45, 2.75) is 6.54 Å². The van der Waals surface area contributed by atoms with Gasteiger partial charge in [-0.1, -0.05) is 29.8 Å². The zero-order valence-corrected chi connectivity index (χ0v) is 14.0. The van der Waals surface area contributed by atoms with Crippen LogP contribution in [0.15, 0.2) is 48.5 Å². The molecular formula is C18H20ClN3O2. The van der Waals surface area contributed by atoms with Crippen molar-refractivity contribution in [3.63, 3.8) is 0 Å². The average molecular weight is 346 g/mol. The molecule has 24 heavy (non-hydrogen) atoms. The predicted octanol–water partition coefficient (Wildman–Crippen LogP) is 2.78. The van der Waals surface area contributed by atoms with Crippen molar-refractivity contribution < 1.29 is 10.0 Å². The number of amides is 1. The summed E-state index contributed by atoms with van der Waals surface area (Å²) in [5, 5.41) is 9.40. The highest BCUT2D eigenvalue weighted by Gasteiger charge is 2.17. The van der Waals surface area contributed by atoms with Crippen molar-refractivity contribution in [3.8, 4) is 0 Å². The van der Waals surface area contributed by atoms with Crippen LogP contribution in [0.1, 0.15) is 15.9 Å². The van der Waals surface area contributed by atoms with Gasteiger partial charge in [-0.3, -0.25) is 14.9 Å². The van der Waals surface area contributed by atoms with Crippen LogP contribution in [0.25, 0.3) is 0 Å². The third-order valence-corrected chi connectivity index (χ3v) is 4.50. The first kappa shape index (κ1) is 16.8. The summed E-state index contributed by atoms with van der Waals surface area (Å²) in [6.45, 7) is 4.73. The van der Waals surface area contributed by atoms with Gasteiger partial charge >= 0.3 is 0 Å². The summed E-state index contributed by atoms with van der Waals surface area (Å²) in [5.41, 5.74) is 4.41. The van der Waals surface area contributed by atoms with Gasteiger partial charge in [-0.15, -0.1) is 0 Å². The molecule has 0 aromatic heterocycles. The van der Waals surface area contributed by atoms with E-state index in [0.717, 1.165) is 43.3 Å². The monoisotopic (exact) mass is 345 g/mol. The molecule has 3 rings (SSSR count). The van der Waals surface area contributed by atoms with E-state index in [9.17, 15) is 4.79 Å². The molecule has 1 aliphatic rings. The maximum Gasteiger partial charge on any atom is 0.274 e. The first-order valence-electron chi connectivity index (χ1n) is 7.92. The van der Waals surface area contributed by atoms with E-state index in [-0.39, 0.29) is 0 Å². The zero-order chi connectivity index (χ0) is 16.9. The lowest BCUT2D eigenvalue weighted by Crippen LogP contribution is -2.45. The van der Waals surface area contributed by atoms with E-state index in [1.54, 1.807) is 17.6 Å². The van der Waals surface area contributed by atoms with Crippen molar-refractivity contribution in [1.29, 1.82) is 0 Å². The number of anilines is 1.